The molecule has 40 heavy (non-hydrogen) atoms. The van der Waals surface area contributed by atoms with E-state index in [1.807, 2.05) is 11.8 Å². The molecule has 1 saturated heterocycles. The first kappa shape index (κ1) is 27.9. The number of hydrogen-bond donors (Lipinski definition) is 2. The summed E-state index contributed by atoms with van der Waals surface area (Å²) in [7, 11) is -3.37. The average Bonchev–Trinajstić information content (AvgIpc) is 3.51. The molecule has 1 aliphatic heterocycles. The highest BCUT2D eigenvalue weighted by Crippen LogP contribution is 2.33. The Labute approximate surface area is 235 Å². The third kappa shape index (κ3) is 6.54. The number of aromatic amines is 1. The Morgan fingerprint density at radius 1 is 1.20 bits per heavy atom. The lowest BCUT2D eigenvalue weighted by Crippen LogP contribution is -2.52. The number of aromatic nitrogens is 4. The second-order valence-electron chi connectivity index (χ2n) is 9.80. The van der Waals surface area contributed by atoms with Gasteiger partial charge < -0.3 is 9.74 Å². The van der Waals surface area contributed by atoms with E-state index in [1.165, 1.54) is 29.8 Å². The van der Waals surface area contributed by atoms with Crippen LogP contribution in [0.5, 0.6) is 0 Å². The van der Waals surface area contributed by atoms with Gasteiger partial charge in [-0.15, -0.1) is 11.3 Å². The van der Waals surface area contributed by atoms with E-state index in [2.05, 4.69) is 35.5 Å². The number of rotatable bonds is 10. The molecule has 2 aliphatic rings. The van der Waals surface area contributed by atoms with Gasteiger partial charge in [0.2, 0.25) is 5.91 Å². The predicted octanol–water partition coefficient (Wildman–Crippen LogP) is 1.81. The standard InChI is InChI=1S/C25H30N8O5S2/c1-16-12-32(9-10-33(16)17(2)34)13-19-11-26-25(39-19)29-24(35)23(31-38-14-22-27-15-28-30-22)18-3-5-20(6-4-18)40(36,37)21-7-8-21/h3-6,11,15-16,21H,7-10,12-14H2,1-2H3,(H,26,29,35)(H,27,28,30)/b31-23+/t16-/m0/s1. The van der Waals surface area contributed by atoms with E-state index >= 15 is 0 Å². The number of thiazole rings is 1. The van der Waals surface area contributed by atoms with Gasteiger partial charge in [0, 0.05) is 55.8 Å². The summed E-state index contributed by atoms with van der Waals surface area (Å²) in [6.07, 6.45) is 4.38. The van der Waals surface area contributed by atoms with Gasteiger partial charge in [-0.25, -0.2) is 18.4 Å². The highest BCUT2D eigenvalue weighted by molar-refractivity contribution is 7.92. The summed E-state index contributed by atoms with van der Waals surface area (Å²) in [6.45, 7) is 6.42. The van der Waals surface area contributed by atoms with Crippen LogP contribution in [0.2, 0.25) is 0 Å². The molecule has 1 aliphatic carbocycles. The third-order valence-corrected chi connectivity index (χ3v) is 9.90. The van der Waals surface area contributed by atoms with Gasteiger partial charge in [-0.2, -0.15) is 5.10 Å². The lowest BCUT2D eigenvalue weighted by molar-refractivity contribution is -0.133. The molecule has 0 bridgehead atoms. The molecule has 1 atom stereocenters. The molecule has 0 radical (unpaired) electrons. The topological polar surface area (TPSA) is 163 Å². The highest BCUT2D eigenvalue weighted by Gasteiger charge is 2.37. The number of benzene rings is 1. The van der Waals surface area contributed by atoms with E-state index in [9.17, 15) is 18.0 Å². The summed E-state index contributed by atoms with van der Waals surface area (Å²) in [5, 5.41) is 13.3. The Morgan fingerprint density at radius 3 is 2.62 bits per heavy atom. The van der Waals surface area contributed by atoms with Crippen LogP contribution < -0.4 is 5.32 Å². The van der Waals surface area contributed by atoms with Crippen LogP contribution >= 0.6 is 11.3 Å². The van der Waals surface area contributed by atoms with Crippen LogP contribution in [0, 0.1) is 0 Å². The SMILES string of the molecule is CC(=O)N1CCN(Cc2cnc(NC(=O)/C(=N/OCc3ncn[nH]3)c3ccc(S(=O)(=O)C4CC4)cc3)s2)C[C@@H]1C. The number of carbonyl (C=O) groups is 2. The number of nitrogens with zero attached hydrogens (tertiary/aromatic N) is 6. The first-order chi connectivity index (χ1) is 19.2. The van der Waals surface area contributed by atoms with Crippen molar-refractivity contribution in [3.63, 3.8) is 0 Å². The lowest BCUT2D eigenvalue weighted by atomic mass is 10.1. The van der Waals surface area contributed by atoms with Crippen LogP contribution in [-0.4, -0.2) is 86.8 Å². The average molecular weight is 587 g/mol. The minimum atomic E-state index is -3.37. The number of hydrogen-bond acceptors (Lipinski definition) is 11. The monoisotopic (exact) mass is 586 g/mol. The molecule has 15 heteroatoms. The minimum Gasteiger partial charge on any atom is -0.387 e. The number of anilines is 1. The van der Waals surface area contributed by atoms with Crippen molar-refractivity contribution >= 4 is 43.8 Å². The molecule has 2 fully saturated rings. The molecule has 2 amide bonds. The van der Waals surface area contributed by atoms with E-state index in [0.29, 0.717) is 42.5 Å². The minimum absolute atomic E-state index is 0.0400. The van der Waals surface area contributed by atoms with E-state index < -0.39 is 15.7 Å². The number of sulfone groups is 1. The summed E-state index contributed by atoms with van der Waals surface area (Å²) in [4.78, 5) is 44.0. The van der Waals surface area contributed by atoms with Crippen LogP contribution in [0.4, 0.5) is 5.13 Å². The van der Waals surface area contributed by atoms with E-state index in [-0.39, 0.29) is 34.4 Å². The Hall–Kier alpha value is -3.69. The first-order valence-electron chi connectivity index (χ1n) is 12.8. The molecule has 3 heterocycles. The number of nitrogens with one attached hydrogen (secondary N) is 2. The molecule has 3 aromatic rings. The second-order valence-corrected chi connectivity index (χ2v) is 13.1. The fraction of sp³-hybridized carbons (Fsp3) is 0.440. The zero-order valence-electron chi connectivity index (χ0n) is 22.1. The maximum Gasteiger partial charge on any atom is 0.280 e. The van der Waals surface area contributed by atoms with Crippen molar-refractivity contribution in [1.29, 1.82) is 0 Å². The molecular formula is C25H30N8O5S2. The Balaban J connectivity index is 1.27. The van der Waals surface area contributed by atoms with Crippen molar-refractivity contribution in [2.75, 3.05) is 25.0 Å². The smallest absolute Gasteiger partial charge is 0.280 e. The number of oxime groups is 1. The van der Waals surface area contributed by atoms with Crippen molar-refractivity contribution in [3.8, 4) is 0 Å². The first-order valence-corrected chi connectivity index (χ1v) is 15.2. The van der Waals surface area contributed by atoms with Crippen LogP contribution in [0.15, 0.2) is 46.8 Å². The van der Waals surface area contributed by atoms with Crippen LogP contribution in [0.25, 0.3) is 0 Å². The van der Waals surface area contributed by atoms with Gasteiger partial charge in [-0.3, -0.25) is 24.9 Å². The summed E-state index contributed by atoms with van der Waals surface area (Å²) in [6, 6.07) is 6.17. The Bertz CT molecular complexity index is 1480. The maximum absolute atomic E-state index is 13.3. The van der Waals surface area contributed by atoms with E-state index in [1.54, 1.807) is 25.3 Å². The van der Waals surface area contributed by atoms with E-state index in [0.717, 1.165) is 18.0 Å². The third-order valence-electron chi connectivity index (χ3n) is 6.73. The molecule has 1 saturated carbocycles. The number of H-pyrrole nitrogens is 1. The normalized spacial score (nSPS) is 18.5. The van der Waals surface area contributed by atoms with Crippen molar-refractivity contribution in [2.24, 2.45) is 5.16 Å². The zero-order valence-corrected chi connectivity index (χ0v) is 23.7. The van der Waals surface area contributed by atoms with Crippen LogP contribution in [0.1, 0.15) is 43.0 Å². The number of amides is 2. The maximum atomic E-state index is 13.3. The lowest BCUT2D eigenvalue weighted by Gasteiger charge is -2.39. The van der Waals surface area contributed by atoms with Gasteiger partial charge in [0.1, 0.15) is 6.33 Å². The Morgan fingerprint density at radius 2 is 1.98 bits per heavy atom. The number of piperazine rings is 1. The molecule has 2 N–H and O–H groups in total. The van der Waals surface area contributed by atoms with Crippen molar-refractivity contribution in [1.82, 2.24) is 30.0 Å². The van der Waals surface area contributed by atoms with Crippen molar-refractivity contribution in [3.05, 3.63) is 53.1 Å². The summed E-state index contributed by atoms with van der Waals surface area (Å²) in [5.74, 6) is -0.0474. The van der Waals surface area contributed by atoms with Crippen molar-refractivity contribution in [2.45, 2.75) is 56.0 Å². The fourth-order valence-corrected chi connectivity index (χ4v) is 7.02. The summed E-state index contributed by atoms with van der Waals surface area (Å²) >= 11 is 1.35. The molecule has 13 nitrogen and oxygen atoms in total. The van der Waals surface area contributed by atoms with Gasteiger partial charge >= 0.3 is 0 Å². The fourth-order valence-electron chi connectivity index (χ4n) is 4.52. The predicted molar refractivity (Wildman–Crippen MR) is 147 cm³/mol. The van der Waals surface area contributed by atoms with Gasteiger partial charge in [0.15, 0.2) is 33.1 Å². The van der Waals surface area contributed by atoms with Gasteiger partial charge in [0.25, 0.3) is 5.91 Å². The highest BCUT2D eigenvalue weighted by atomic mass is 32.2. The largest absolute Gasteiger partial charge is 0.387 e. The molecule has 2 aromatic heterocycles. The van der Waals surface area contributed by atoms with Gasteiger partial charge in [-0.05, 0) is 31.9 Å². The van der Waals surface area contributed by atoms with Crippen LogP contribution in [0.3, 0.4) is 0 Å². The van der Waals surface area contributed by atoms with E-state index in [4.69, 9.17) is 4.84 Å². The second kappa shape index (κ2) is 11.8. The molecular weight excluding hydrogens is 556 g/mol. The van der Waals surface area contributed by atoms with Gasteiger partial charge in [0.05, 0.1) is 10.1 Å². The molecule has 0 spiro atoms. The summed E-state index contributed by atoms with van der Waals surface area (Å²) < 4.78 is 25.2. The Kier molecular flexibility index (Phi) is 8.23. The molecule has 0 unspecified atom stereocenters. The molecule has 5 rings (SSSR count). The van der Waals surface area contributed by atoms with Gasteiger partial charge in [-0.1, -0.05) is 17.3 Å². The number of carbonyl (C=O) groups excluding carboxylic acids is 2. The zero-order chi connectivity index (χ0) is 28.3. The summed E-state index contributed by atoms with van der Waals surface area (Å²) in [5.41, 5.74) is 0.347. The molecule has 212 valence electrons. The van der Waals surface area contributed by atoms with Crippen LogP contribution in [-0.2, 0) is 37.4 Å². The quantitative estimate of drug-likeness (QED) is 0.266. The molecule has 1 aromatic carbocycles. The van der Waals surface area contributed by atoms with Crippen molar-refractivity contribution < 1.29 is 22.8 Å².